The van der Waals surface area contributed by atoms with Gasteiger partial charge in [-0.25, -0.2) is 4.79 Å². The summed E-state index contributed by atoms with van der Waals surface area (Å²) >= 11 is 0. The predicted molar refractivity (Wildman–Crippen MR) is 80.1 cm³/mol. The number of hydrogen-bond donors (Lipinski definition) is 2. The van der Waals surface area contributed by atoms with Crippen LogP contribution in [-0.2, 0) is 0 Å². The van der Waals surface area contributed by atoms with E-state index in [0.29, 0.717) is 11.4 Å². The van der Waals surface area contributed by atoms with E-state index in [9.17, 15) is 4.79 Å². The normalized spacial score (nSPS) is 16.2. The molecule has 1 heterocycles. The van der Waals surface area contributed by atoms with Gasteiger partial charge in [0.25, 0.3) is 0 Å². The summed E-state index contributed by atoms with van der Waals surface area (Å²) in [5, 5.41) is 0. The van der Waals surface area contributed by atoms with Crippen LogP contribution in [0.25, 0.3) is 0 Å². The van der Waals surface area contributed by atoms with Crippen LogP contribution in [0.15, 0.2) is 12.1 Å². The van der Waals surface area contributed by atoms with Crippen LogP contribution in [0.3, 0.4) is 0 Å². The Balaban J connectivity index is 2.20. The number of hydrogen-bond acceptors (Lipinski definition) is 5. The van der Waals surface area contributed by atoms with Crippen LogP contribution in [0.1, 0.15) is 12.5 Å². The van der Waals surface area contributed by atoms with Crippen LogP contribution in [0.4, 0.5) is 16.2 Å². The maximum atomic E-state index is 10.9. The highest BCUT2D eigenvalue weighted by molar-refractivity contribution is 5.74. The van der Waals surface area contributed by atoms with Crippen LogP contribution >= 0.6 is 0 Å². The number of primary amides is 1. The third-order valence-corrected chi connectivity index (χ3v) is 3.73. The minimum atomic E-state index is -0.843. The third-order valence-electron chi connectivity index (χ3n) is 3.73. The van der Waals surface area contributed by atoms with Crippen molar-refractivity contribution in [3.05, 3.63) is 17.7 Å². The van der Waals surface area contributed by atoms with Gasteiger partial charge in [0.15, 0.2) is 5.75 Å². The van der Waals surface area contributed by atoms with E-state index in [2.05, 4.69) is 16.7 Å². The Labute approximate surface area is 119 Å². The van der Waals surface area contributed by atoms with Gasteiger partial charge in [-0.1, -0.05) is 6.92 Å². The molecule has 0 bridgehead atoms. The molecule has 0 saturated carbocycles. The van der Waals surface area contributed by atoms with Crippen molar-refractivity contribution in [2.75, 3.05) is 43.4 Å². The number of anilines is 2. The van der Waals surface area contributed by atoms with Gasteiger partial charge in [0, 0.05) is 37.9 Å². The average Bonchev–Trinajstić information content (AvgIpc) is 2.43. The third kappa shape index (κ3) is 3.14. The molecule has 6 heteroatoms. The van der Waals surface area contributed by atoms with Crippen LogP contribution in [0.5, 0.6) is 5.75 Å². The highest BCUT2D eigenvalue weighted by atomic mass is 16.5. The van der Waals surface area contributed by atoms with Gasteiger partial charge in [-0.15, -0.1) is 0 Å². The summed E-state index contributed by atoms with van der Waals surface area (Å²) < 4.78 is 4.98. The first kappa shape index (κ1) is 14.5. The Bertz CT molecular complexity index is 496. The molecule has 1 aliphatic heterocycles. The largest absolute Gasteiger partial charge is 0.410 e. The van der Waals surface area contributed by atoms with E-state index >= 15 is 0 Å². The molecule has 6 nitrogen and oxygen atoms in total. The number of rotatable bonds is 3. The second-order valence-electron chi connectivity index (χ2n) is 5.02. The molecule has 1 fully saturated rings. The topological polar surface area (TPSA) is 84.8 Å². The number of nitrogen functional groups attached to an aromatic ring is 1. The van der Waals surface area contributed by atoms with Gasteiger partial charge in [-0.3, -0.25) is 0 Å². The summed E-state index contributed by atoms with van der Waals surface area (Å²) in [5.41, 5.74) is 13.3. The number of nitrogens with zero attached hydrogens (tertiary/aromatic N) is 2. The maximum Gasteiger partial charge on any atom is 0.410 e. The average molecular weight is 278 g/mol. The van der Waals surface area contributed by atoms with E-state index in [1.165, 1.54) is 0 Å². The summed E-state index contributed by atoms with van der Waals surface area (Å²) in [7, 11) is 0. The molecule has 0 atom stereocenters. The smallest absolute Gasteiger partial charge is 0.408 e. The number of likely N-dealkylation sites (N-methyl/N-ethyl adjacent to an activating group) is 1. The Kier molecular flexibility index (Phi) is 4.34. The fraction of sp³-hybridized carbons (Fsp3) is 0.500. The zero-order valence-corrected chi connectivity index (χ0v) is 12.1. The number of aryl methyl sites for hydroxylation is 1. The molecule has 0 aliphatic carbocycles. The van der Waals surface area contributed by atoms with Crippen molar-refractivity contribution in [2.45, 2.75) is 13.8 Å². The standard InChI is InChI=1S/C14H22N4O2/c1-3-17-4-6-18(7-5-17)11-8-10(2)13(15)12(9-11)20-14(16)19/h8-9H,3-7,15H2,1-2H3,(H2,16,19). The first-order valence-corrected chi connectivity index (χ1v) is 6.86. The molecule has 1 aliphatic rings. The van der Waals surface area contributed by atoms with Crippen LogP contribution in [-0.4, -0.2) is 43.7 Å². The SMILES string of the molecule is CCN1CCN(c2cc(C)c(N)c(OC(N)=O)c2)CC1. The molecule has 0 radical (unpaired) electrons. The van der Waals surface area contributed by atoms with Crippen molar-refractivity contribution in [3.63, 3.8) is 0 Å². The van der Waals surface area contributed by atoms with Gasteiger partial charge in [-0.05, 0) is 25.1 Å². The second kappa shape index (κ2) is 6.00. The van der Waals surface area contributed by atoms with Crippen molar-refractivity contribution in [1.29, 1.82) is 0 Å². The van der Waals surface area contributed by atoms with Gasteiger partial charge in [0.05, 0.1) is 5.69 Å². The van der Waals surface area contributed by atoms with Crippen LogP contribution < -0.4 is 21.1 Å². The van der Waals surface area contributed by atoms with Crippen molar-refractivity contribution in [2.24, 2.45) is 5.73 Å². The summed E-state index contributed by atoms with van der Waals surface area (Å²) in [4.78, 5) is 15.6. The lowest BCUT2D eigenvalue weighted by Crippen LogP contribution is -2.46. The number of carbonyl (C=O) groups is 1. The molecule has 0 aromatic heterocycles. The highest BCUT2D eigenvalue weighted by Crippen LogP contribution is 2.31. The van der Waals surface area contributed by atoms with Gasteiger partial charge >= 0.3 is 6.09 Å². The summed E-state index contributed by atoms with van der Waals surface area (Å²) in [6.45, 7) is 9.11. The van der Waals surface area contributed by atoms with E-state index in [1.54, 1.807) is 6.07 Å². The molecule has 110 valence electrons. The van der Waals surface area contributed by atoms with Gasteiger partial charge in [0.1, 0.15) is 0 Å². The Hall–Kier alpha value is -1.95. The number of nitrogens with two attached hydrogens (primary N) is 2. The molecular formula is C14H22N4O2. The monoisotopic (exact) mass is 278 g/mol. The molecule has 0 unspecified atom stereocenters. The van der Waals surface area contributed by atoms with Crippen molar-refractivity contribution >= 4 is 17.5 Å². The lowest BCUT2D eigenvalue weighted by Gasteiger charge is -2.35. The van der Waals surface area contributed by atoms with E-state index in [0.717, 1.165) is 44.0 Å². The quantitative estimate of drug-likeness (QED) is 0.811. The summed E-state index contributed by atoms with van der Waals surface area (Å²) in [6, 6.07) is 3.81. The number of amides is 1. The van der Waals surface area contributed by atoms with Gasteiger partial charge < -0.3 is 26.0 Å². The lowest BCUT2D eigenvalue weighted by molar-refractivity contribution is 0.211. The predicted octanol–water partition coefficient (Wildman–Crippen LogP) is 1.18. The van der Waals surface area contributed by atoms with Crippen LogP contribution in [0, 0.1) is 6.92 Å². The van der Waals surface area contributed by atoms with E-state index < -0.39 is 6.09 Å². The van der Waals surface area contributed by atoms with Gasteiger partial charge in [-0.2, -0.15) is 0 Å². The highest BCUT2D eigenvalue weighted by Gasteiger charge is 2.18. The molecule has 1 aromatic carbocycles. The number of carbonyl (C=O) groups excluding carboxylic acids is 1. The molecule has 4 N–H and O–H groups in total. The molecule has 20 heavy (non-hydrogen) atoms. The minimum Gasteiger partial charge on any atom is -0.408 e. The molecule has 0 spiro atoms. The van der Waals surface area contributed by atoms with E-state index in [4.69, 9.17) is 16.2 Å². The Morgan fingerprint density at radius 3 is 2.50 bits per heavy atom. The zero-order chi connectivity index (χ0) is 14.7. The number of piperazine rings is 1. The second-order valence-corrected chi connectivity index (χ2v) is 5.02. The van der Waals surface area contributed by atoms with Crippen LogP contribution in [0.2, 0.25) is 0 Å². The minimum absolute atomic E-state index is 0.338. The summed E-state index contributed by atoms with van der Waals surface area (Å²) in [6.07, 6.45) is -0.843. The zero-order valence-electron chi connectivity index (χ0n) is 12.1. The molecule has 1 aromatic rings. The van der Waals surface area contributed by atoms with Gasteiger partial charge in [0.2, 0.25) is 0 Å². The first-order valence-electron chi connectivity index (χ1n) is 6.86. The molecule has 1 amide bonds. The maximum absolute atomic E-state index is 10.9. The molecular weight excluding hydrogens is 256 g/mol. The van der Waals surface area contributed by atoms with Crippen molar-refractivity contribution in [1.82, 2.24) is 4.90 Å². The first-order chi connectivity index (χ1) is 9.51. The van der Waals surface area contributed by atoms with E-state index in [1.807, 2.05) is 13.0 Å². The summed E-state index contributed by atoms with van der Waals surface area (Å²) in [5.74, 6) is 0.338. The fourth-order valence-corrected chi connectivity index (χ4v) is 2.45. The number of benzene rings is 1. The Morgan fingerprint density at radius 1 is 1.30 bits per heavy atom. The molecule has 2 rings (SSSR count). The van der Waals surface area contributed by atoms with Crippen molar-refractivity contribution in [3.8, 4) is 5.75 Å². The fourth-order valence-electron chi connectivity index (χ4n) is 2.45. The molecule has 1 saturated heterocycles. The number of ether oxygens (including phenoxy) is 1. The van der Waals surface area contributed by atoms with Crippen molar-refractivity contribution < 1.29 is 9.53 Å². The lowest BCUT2D eigenvalue weighted by atomic mass is 10.1. The van der Waals surface area contributed by atoms with E-state index in [-0.39, 0.29) is 0 Å². The Morgan fingerprint density at radius 2 is 1.95 bits per heavy atom.